The Hall–Kier alpha value is -0.260. The Balaban J connectivity index is 3.51. The van der Waals surface area contributed by atoms with Crippen LogP contribution in [0.3, 0.4) is 0 Å². The van der Waals surface area contributed by atoms with Crippen LogP contribution in [0.1, 0.15) is 27.2 Å². The van der Waals surface area contributed by atoms with Crippen molar-refractivity contribution in [2.45, 2.75) is 27.2 Å². The SMILES string of the molecule is C=CC(CC)C(C)C. The summed E-state index contributed by atoms with van der Waals surface area (Å²) < 4.78 is 0. The molecule has 0 aliphatic rings. The minimum atomic E-state index is 0.718. The molecule has 0 aromatic rings. The Bertz CT molecular complexity index is 62.4. The van der Waals surface area contributed by atoms with Crippen LogP contribution < -0.4 is 0 Å². The molecular formula is C8H16. The van der Waals surface area contributed by atoms with Crippen molar-refractivity contribution in [3.63, 3.8) is 0 Å². The minimum absolute atomic E-state index is 0.718. The van der Waals surface area contributed by atoms with Gasteiger partial charge in [-0.3, -0.25) is 0 Å². The molecule has 0 aromatic heterocycles. The first-order valence-electron chi connectivity index (χ1n) is 3.34. The molecule has 0 rings (SSSR count). The number of allylic oxidation sites excluding steroid dienone is 1. The molecule has 0 fully saturated rings. The smallest absolute Gasteiger partial charge is 0.0216 e. The van der Waals surface area contributed by atoms with Crippen LogP contribution in [0.2, 0.25) is 0 Å². The summed E-state index contributed by atoms with van der Waals surface area (Å²) in [5, 5.41) is 0. The molecule has 0 saturated carbocycles. The Labute approximate surface area is 52.6 Å². The molecule has 0 heteroatoms. The largest absolute Gasteiger partial charge is 0.103 e. The second-order valence-corrected chi connectivity index (χ2v) is 2.55. The van der Waals surface area contributed by atoms with Crippen LogP contribution in [0, 0.1) is 11.8 Å². The molecular weight excluding hydrogens is 96.1 g/mol. The Morgan fingerprint density at radius 2 is 2.00 bits per heavy atom. The first kappa shape index (κ1) is 7.74. The molecule has 0 nitrogen and oxygen atoms in total. The maximum Gasteiger partial charge on any atom is -0.0216 e. The van der Waals surface area contributed by atoms with Crippen LogP contribution in [-0.4, -0.2) is 0 Å². The molecule has 1 unspecified atom stereocenters. The zero-order chi connectivity index (χ0) is 6.57. The number of hydrogen-bond acceptors (Lipinski definition) is 0. The van der Waals surface area contributed by atoms with Crippen molar-refractivity contribution in [2.24, 2.45) is 11.8 Å². The van der Waals surface area contributed by atoms with Crippen LogP contribution in [0.5, 0.6) is 0 Å². The average molecular weight is 112 g/mol. The highest BCUT2D eigenvalue weighted by Crippen LogP contribution is 2.14. The second kappa shape index (κ2) is 3.71. The molecule has 0 N–H and O–H groups in total. The maximum atomic E-state index is 3.75. The molecule has 48 valence electrons. The third-order valence-corrected chi connectivity index (χ3v) is 1.63. The lowest BCUT2D eigenvalue weighted by Gasteiger charge is -2.12. The minimum Gasteiger partial charge on any atom is -0.103 e. The summed E-state index contributed by atoms with van der Waals surface area (Å²) in [6.07, 6.45) is 3.27. The van der Waals surface area contributed by atoms with Crippen molar-refractivity contribution in [3.8, 4) is 0 Å². The van der Waals surface area contributed by atoms with Crippen LogP contribution >= 0.6 is 0 Å². The molecule has 0 amide bonds. The lowest BCUT2D eigenvalue weighted by Crippen LogP contribution is -2.02. The van der Waals surface area contributed by atoms with Gasteiger partial charge in [-0.05, 0) is 18.3 Å². The Kier molecular flexibility index (Phi) is 3.59. The van der Waals surface area contributed by atoms with E-state index >= 15 is 0 Å². The predicted molar refractivity (Wildman–Crippen MR) is 38.8 cm³/mol. The number of rotatable bonds is 3. The lowest BCUT2D eigenvalue weighted by molar-refractivity contribution is 0.454. The van der Waals surface area contributed by atoms with Gasteiger partial charge in [0.2, 0.25) is 0 Å². The molecule has 0 radical (unpaired) electrons. The highest BCUT2D eigenvalue weighted by Gasteiger charge is 2.03. The van der Waals surface area contributed by atoms with Gasteiger partial charge < -0.3 is 0 Å². The van der Waals surface area contributed by atoms with E-state index in [9.17, 15) is 0 Å². The molecule has 8 heavy (non-hydrogen) atoms. The average Bonchev–Trinajstić information content (AvgIpc) is 1.69. The van der Waals surface area contributed by atoms with E-state index in [1.165, 1.54) is 6.42 Å². The summed E-state index contributed by atoms with van der Waals surface area (Å²) in [5.41, 5.74) is 0. The highest BCUT2D eigenvalue weighted by molar-refractivity contribution is 4.79. The molecule has 0 spiro atoms. The summed E-state index contributed by atoms with van der Waals surface area (Å²) in [5.74, 6) is 1.48. The zero-order valence-corrected chi connectivity index (χ0v) is 6.15. The first-order valence-corrected chi connectivity index (χ1v) is 3.34. The van der Waals surface area contributed by atoms with Crippen LogP contribution in [0.15, 0.2) is 12.7 Å². The highest BCUT2D eigenvalue weighted by atomic mass is 14.1. The number of hydrogen-bond donors (Lipinski definition) is 0. The van der Waals surface area contributed by atoms with Crippen molar-refractivity contribution in [1.82, 2.24) is 0 Å². The van der Waals surface area contributed by atoms with Gasteiger partial charge >= 0.3 is 0 Å². The summed E-state index contributed by atoms with van der Waals surface area (Å²) in [4.78, 5) is 0. The predicted octanol–water partition coefficient (Wildman–Crippen LogP) is 2.85. The summed E-state index contributed by atoms with van der Waals surface area (Å²) in [6, 6.07) is 0. The van der Waals surface area contributed by atoms with Gasteiger partial charge in [0.1, 0.15) is 0 Å². The Morgan fingerprint density at radius 1 is 1.50 bits per heavy atom. The van der Waals surface area contributed by atoms with Crippen LogP contribution in [0.25, 0.3) is 0 Å². The van der Waals surface area contributed by atoms with Gasteiger partial charge in [-0.15, -0.1) is 6.58 Å². The van der Waals surface area contributed by atoms with E-state index in [1.54, 1.807) is 0 Å². The van der Waals surface area contributed by atoms with Crippen molar-refractivity contribution in [1.29, 1.82) is 0 Å². The van der Waals surface area contributed by atoms with Crippen LogP contribution in [0.4, 0.5) is 0 Å². The molecule has 0 aliphatic carbocycles. The Morgan fingerprint density at radius 3 is 2.00 bits per heavy atom. The van der Waals surface area contributed by atoms with Gasteiger partial charge in [-0.25, -0.2) is 0 Å². The van der Waals surface area contributed by atoms with Crippen molar-refractivity contribution in [2.75, 3.05) is 0 Å². The van der Waals surface area contributed by atoms with E-state index in [0.29, 0.717) is 0 Å². The standard InChI is InChI=1S/C8H16/c1-5-8(6-2)7(3)4/h5,7-8H,1,6H2,2-4H3. The zero-order valence-electron chi connectivity index (χ0n) is 6.15. The third kappa shape index (κ3) is 2.15. The van der Waals surface area contributed by atoms with Gasteiger partial charge in [0, 0.05) is 0 Å². The van der Waals surface area contributed by atoms with Crippen LogP contribution in [-0.2, 0) is 0 Å². The first-order chi connectivity index (χ1) is 3.72. The molecule has 0 saturated heterocycles. The van der Waals surface area contributed by atoms with E-state index in [0.717, 1.165) is 11.8 Å². The van der Waals surface area contributed by atoms with E-state index < -0.39 is 0 Å². The quantitative estimate of drug-likeness (QED) is 0.492. The maximum absolute atomic E-state index is 3.75. The molecule has 0 aliphatic heterocycles. The monoisotopic (exact) mass is 112 g/mol. The van der Waals surface area contributed by atoms with E-state index in [1.807, 2.05) is 6.08 Å². The van der Waals surface area contributed by atoms with Gasteiger partial charge in [0.05, 0.1) is 0 Å². The summed E-state index contributed by atoms with van der Waals surface area (Å²) >= 11 is 0. The molecule has 0 heterocycles. The third-order valence-electron chi connectivity index (χ3n) is 1.63. The normalized spacial score (nSPS) is 14.0. The second-order valence-electron chi connectivity index (χ2n) is 2.55. The van der Waals surface area contributed by atoms with Gasteiger partial charge in [0.25, 0.3) is 0 Å². The summed E-state index contributed by atoms with van der Waals surface area (Å²) in [7, 11) is 0. The fraction of sp³-hybridized carbons (Fsp3) is 0.750. The van der Waals surface area contributed by atoms with E-state index in [4.69, 9.17) is 0 Å². The van der Waals surface area contributed by atoms with E-state index in [-0.39, 0.29) is 0 Å². The van der Waals surface area contributed by atoms with Gasteiger partial charge in [0.15, 0.2) is 0 Å². The topological polar surface area (TPSA) is 0 Å². The molecule has 0 bridgehead atoms. The fourth-order valence-electron chi connectivity index (χ4n) is 0.910. The molecule has 0 aromatic carbocycles. The summed E-state index contributed by atoms with van der Waals surface area (Å²) in [6.45, 7) is 10.4. The van der Waals surface area contributed by atoms with E-state index in [2.05, 4.69) is 27.4 Å². The fourth-order valence-corrected chi connectivity index (χ4v) is 0.910. The lowest BCUT2D eigenvalue weighted by atomic mass is 9.94. The van der Waals surface area contributed by atoms with Crippen molar-refractivity contribution < 1.29 is 0 Å². The van der Waals surface area contributed by atoms with Gasteiger partial charge in [-0.2, -0.15) is 0 Å². The molecule has 1 atom stereocenters. The van der Waals surface area contributed by atoms with Crippen molar-refractivity contribution >= 4 is 0 Å². The van der Waals surface area contributed by atoms with Gasteiger partial charge in [-0.1, -0.05) is 26.8 Å². The van der Waals surface area contributed by atoms with Crippen molar-refractivity contribution in [3.05, 3.63) is 12.7 Å².